The summed E-state index contributed by atoms with van der Waals surface area (Å²) in [5.74, 6) is -0.173. The van der Waals surface area contributed by atoms with Gasteiger partial charge in [0.1, 0.15) is 0 Å². The molecular formula is C19H23ClN2O2. The van der Waals surface area contributed by atoms with Crippen LogP contribution in [-0.2, 0) is 4.79 Å². The molecule has 0 unspecified atom stereocenters. The summed E-state index contributed by atoms with van der Waals surface area (Å²) in [6, 6.07) is 15.1. The van der Waals surface area contributed by atoms with E-state index < -0.39 is 6.10 Å². The summed E-state index contributed by atoms with van der Waals surface area (Å²) in [7, 11) is 0. The van der Waals surface area contributed by atoms with Crippen LogP contribution < -0.4 is 10.2 Å². The number of rotatable bonds is 7. The molecule has 5 heteroatoms. The molecule has 0 saturated carbocycles. The first-order chi connectivity index (χ1) is 11.5. The Kier molecular flexibility index (Phi) is 6.64. The van der Waals surface area contributed by atoms with Crippen molar-refractivity contribution in [3.63, 3.8) is 0 Å². The number of hydrogen-bond acceptors (Lipinski definition) is 3. The van der Waals surface area contributed by atoms with E-state index in [-0.39, 0.29) is 12.5 Å². The van der Waals surface area contributed by atoms with Gasteiger partial charge in [0.25, 0.3) is 0 Å². The molecule has 0 saturated heterocycles. The van der Waals surface area contributed by atoms with Crippen molar-refractivity contribution in [1.29, 1.82) is 0 Å². The van der Waals surface area contributed by atoms with Crippen LogP contribution in [0.15, 0.2) is 48.5 Å². The number of amides is 1. The van der Waals surface area contributed by atoms with Gasteiger partial charge in [-0.25, -0.2) is 0 Å². The van der Waals surface area contributed by atoms with Crippen molar-refractivity contribution in [3.8, 4) is 0 Å². The van der Waals surface area contributed by atoms with Crippen molar-refractivity contribution in [2.75, 3.05) is 23.3 Å². The molecule has 1 atom stereocenters. The highest BCUT2D eigenvalue weighted by atomic mass is 35.5. The molecule has 0 aliphatic carbocycles. The fraction of sp³-hybridized carbons (Fsp3) is 0.316. The van der Waals surface area contributed by atoms with E-state index in [1.807, 2.05) is 61.2 Å². The van der Waals surface area contributed by atoms with Crippen LogP contribution >= 0.6 is 11.6 Å². The predicted octanol–water partition coefficient (Wildman–Crippen LogP) is 3.86. The topological polar surface area (TPSA) is 52.6 Å². The lowest BCUT2D eigenvalue weighted by molar-refractivity contribution is -0.115. The standard InChI is InChI=1S/C19H23ClN2O2/c1-3-16(23)12-22(15-7-5-4-6-8-15)13-19(24)21-18-10-9-14(2)11-17(18)20/h4-11,16,23H,3,12-13H2,1-2H3,(H,21,24)/t16-/m1/s1. The fourth-order valence-corrected chi connectivity index (χ4v) is 2.65. The molecule has 0 spiro atoms. The van der Waals surface area contributed by atoms with Crippen molar-refractivity contribution < 1.29 is 9.90 Å². The molecule has 0 fully saturated rings. The van der Waals surface area contributed by atoms with Crippen molar-refractivity contribution in [3.05, 3.63) is 59.1 Å². The molecular weight excluding hydrogens is 324 g/mol. The monoisotopic (exact) mass is 346 g/mol. The highest BCUT2D eigenvalue weighted by Crippen LogP contribution is 2.23. The number of hydrogen-bond donors (Lipinski definition) is 2. The molecule has 0 aliphatic heterocycles. The Bertz CT molecular complexity index is 676. The number of halogens is 1. The molecule has 0 aliphatic rings. The summed E-state index contributed by atoms with van der Waals surface area (Å²) in [6.07, 6.45) is 0.148. The van der Waals surface area contributed by atoms with Crippen LogP contribution in [-0.4, -0.2) is 30.2 Å². The molecule has 1 amide bonds. The van der Waals surface area contributed by atoms with Crippen LogP contribution in [0.1, 0.15) is 18.9 Å². The zero-order valence-corrected chi connectivity index (χ0v) is 14.8. The number of anilines is 2. The molecule has 2 aromatic rings. The Morgan fingerprint density at radius 1 is 1.25 bits per heavy atom. The van der Waals surface area contributed by atoms with Gasteiger partial charge >= 0.3 is 0 Å². The Morgan fingerprint density at radius 2 is 1.96 bits per heavy atom. The minimum atomic E-state index is -0.485. The largest absolute Gasteiger partial charge is 0.391 e. The molecule has 0 bridgehead atoms. The summed E-state index contributed by atoms with van der Waals surface area (Å²) >= 11 is 6.17. The first-order valence-electron chi connectivity index (χ1n) is 8.03. The average Bonchev–Trinajstić information content (AvgIpc) is 2.57. The van der Waals surface area contributed by atoms with Gasteiger partial charge in [0.2, 0.25) is 5.91 Å². The lowest BCUT2D eigenvalue weighted by Gasteiger charge is -2.26. The second kappa shape index (κ2) is 8.71. The summed E-state index contributed by atoms with van der Waals surface area (Å²) in [5, 5.41) is 13.3. The Morgan fingerprint density at radius 3 is 2.58 bits per heavy atom. The van der Waals surface area contributed by atoms with Gasteiger partial charge in [-0.15, -0.1) is 0 Å². The zero-order chi connectivity index (χ0) is 17.5. The maximum atomic E-state index is 12.4. The van der Waals surface area contributed by atoms with Gasteiger partial charge in [-0.05, 0) is 43.2 Å². The smallest absolute Gasteiger partial charge is 0.243 e. The van der Waals surface area contributed by atoms with E-state index in [0.29, 0.717) is 23.7 Å². The summed E-state index contributed by atoms with van der Waals surface area (Å²) in [4.78, 5) is 14.3. The molecule has 2 aromatic carbocycles. The van der Waals surface area contributed by atoms with Gasteiger partial charge in [-0.3, -0.25) is 4.79 Å². The lowest BCUT2D eigenvalue weighted by Crippen LogP contribution is -2.38. The molecule has 2 rings (SSSR count). The number of nitrogens with one attached hydrogen (secondary N) is 1. The maximum Gasteiger partial charge on any atom is 0.243 e. The highest BCUT2D eigenvalue weighted by molar-refractivity contribution is 6.33. The summed E-state index contributed by atoms with van der Waals surface area (Å²) in [6.45, 7) is 4.40. The maximum absolute atomic E-state index is 12.4. The van der Waals surface area contributed by atoms with Crippen LogP contribution in [0.25, 0.3) is 0 Å². The minimum Gasteiger partial charge on any atom is -0.391 e. The minimum absolute atomic E-state index is 0.144. The third kappa shape index (κ3) is 5.25. The summed E-state index contributed by atoms with van der Waals surface area (Å²) < 4.78 is 0. The number of benzene rings is 2. The second-order valence-corrected chi connectivity index (χ2v) is 6.22. The summed E-state index contributed by atoms with van der Waals surface area (Å²) in [5.41, 5.74) is 2.53. The zero-order valence-electron chi connectivity index (χ0n) is 14.0. The van der Waals surface area contributed by atoms with Crippen molar-refractivity contribution in [1.82, 2.24) is 0 Å². The molecule has 0 aromatic heterocycles. The van der Waals surface area contributed by atoms with Crippen LogP contribution in [0, 0.1) is 6.92 Å². The Hall–Kier alpha value is -2.04. The van der Waals surface area contributed by atoms with Crippen LogP contribution in [0.4, 0.5) is 11.4 Å². The Labute approximate surface area is 148 Å². The van der Waals surface area contributed by atoms with Crippen LogP contribution in [0.2, 0.25) is 5.02 Å². The van der Waals surface area contributed by atoms with Crippen molar-refractivity contribution in [2.24, 2.45) is 0 Å². The van der Waals surface area contributed by atoms with E-state index in [1.165, 1.54) is 0 Å². The SMILES string of the molecule is CC[C@@H](O)CN(CC(=O)Nc1ccc(C)cc1Cl)c1ccccc1. The molecule has 4 nitrogen and oxygen atoms in total. The second-order valence-electron chi connectivity index (χ2n) is 5.81. The van der Waals surface area contributed by atoms with Crippen molar-refractivity contribution in [2.45, 2.75) is 26.4 Å². The van der Waals surface area contributed by atoms with Gasteiger partial charge in [0, 0.05) is 12.2 Å². The van der Waals surface area contributed by atoms with E-state index in [1.54, 1.807) is 6.07 Å². The number of carbonyl (C=O) groups is 1. The number of nitrogens with zero attached hydrogens (tertiary/aromatic N) is 1. The molecule has 24 heavy (non-hydrogen) atoms. The van der Waals surface area contributed by atoms with Crippen LogP contribution in [0.5, 0.6) is 0 Å². The first-order valence-corrected chi connectivity index (χ1v) is 8.41. The third-order valence-corrected chi connectivity index (χ3v) is 4.07. The van der Waals surface area contributed by atoms with Gasteiger partial charge < -0.3 is 15.3 Å². The van der Waals surface area contributed by atoms with E-state index in [0.717, 1.165) is 11.3 Å². The van der Waals surface area contributed by atoms with Gasteiger partial charge in [-0.1, -0.05) is 42.8 Å². The van der Waals surface area contributed by atoms with E-state index in [9.17, 15) is 9.90 Å². The van der Waals surface area contributed by atoms with Crippen molar-refractivity contribution >= 4 is 28.9 Å². The quantitative estimate of drug-likeness (QED) is 0.800. The third-order valence-electron chi connectivity index (χ3n) is 3.76. The number of aliphatic hydroxyl groups excluding tert-OH is 1. The van der Waals surface area contributed by atoms with Crippen LogP contribution in [0.3, 0.4) is 0 Å². The lowest BCUT2D eigenvalue weighted by atomic mass is 10.2. The highest BCUT2D eigenvalue weighted by Gasteiger charge is 2.15. The van der Waals surface area contributed by atoms with E-state index in [2.05, 4.69) is 5.32 Å². The average molecular weight is 347 g/mol. The van der Waals surface area contributed by atoms with Gasteiger partial charge in [0.15, 0.2) is 0 Å². The van der Waals surface area contributed by atoms with E-state index in [4.69, 9.17) is 11.6 Å². The van der Waals surface area contributed by atoms with Gasteiger partial charge in [-0.2, -0.15) is 0 Å². The molecule has 0 heterocycles. The normalized spacial score (nSPS) is 11.8. The fourth-order valence-electron chi connectivity index (χ4n) is 2.37. The number of aryl methyl sites for hydroxylation is 1. The predicted molar refractivity (Wildman–Crippen MR) is 99.8 cm³/mol. The molecule has 128 valence electrons. The first kappa shape index (κ1) is 18.3. The number of para-hydroxylation sites is 1. The van der Waals surface area contributed by atoms with E-state index >= 15 is 0 Å². The molecule has 0 radical (unpaired) electrons. The molecule has 2 N–H and O–H groups in total. The van der Waals surface area contributed by atoms with Gasteiger partial charge in [0.05, 0.1) is 23.4 Å². The number of aliphatic hydroxyl groups is 1. The number of carbonyl (C=O) groups excluding carboxylic acids is 1. The Balaban J connectivity index is 2.09.